The van der Waals surface area contributed by atoms with Crippen LogP contribution in [0.15, 0.2) is 54.3 Å². The molecule has 0 bridgehead atoms. The van der Waals surface area contributed by atoms with Crippen LogP contribution in [0.25, 0.3) is 0 Å². The topological polar surface area (TPSA) is 144 Å². The number of hydrogen-bond donors (Lipinski definition) is 3. The minimum atomic E-state index is -4.08. The van der Waals surface area contributed by atoms with Gasteiger partial charge in [0.15, 0.2) is 0 Å². The van der Waals surface area contributed by atoms with Crippen molar-refractivity contribution < 1.29 is 22.5 Å². The number of carbonyl (C=O) groups excluding carboxylic acids is 1. The molecular formula is C23H26N4O5S2. The van der Waals surface area contributed by atoms with Crippen LogP contribution in [-0.2, 0) is 14.5 Å². The first-order valence-corrected chi connectivity index (χ1v) is 13.2. The molecule has 1 aliphatic carbocycles. The molecule has 4 atom stereocenters. The molecule has 2 heterocycles. The molecule has 0 saturated heterocycles. The number of aliphatic hydroxyl groups is 1. The van der Waals surface area contributed by atoms with Gasteiger partial charge in [-0.1, -0.05) is 37.3 Å². The van der Waals surface area contributed by atoms with E-state index in [9.17, 15) is 18.3 Å². The molecule has 9 nitrogen and oxygen atoms in total. The number of aromatic nitrogens is 2. The third-order valence-electron chi connectivity index (χ3n) is 6.04. The molecular weight excluding hydrogens is 476 g/mol. The largest absolute Gasteiger partial charge is 0.393 e. The summed E-state index contributed by atoms with van der Waals surface area (Å²) in [5.74, 6) is -0.0697. The van der Waals surface area contributed by atoms with Crippen LogP contribution in [-0.4, -0.2) is 48.0 Å². The van der Waals surface area contributed by atoms with Crippen LogP contribution in [0, 0.1) is 5.92 Å². The van der Waals surface area contributed by atoms with E-state index in [1.165, 1.54) is 29.4 Å². The van der Waals surface area contributed by atoms with E-state index < -0.39 is 22.3 Å². The van der Waals surface area contributed by atoms with Gasteiger partial charge in [0.05, 0.1) is 23.2 Å². The predicted molar refractivity (Wildman–Crippen MR) is 129 cm³/mol. The number of aliphatic hydroxyl groups excluding tert-OH is 1. The Morgan fingerprint density at radius 2 is 2.06 bits per heavy atom. The second-order valence-corrected chi connectivity index (χ2v) is 10.5. The molecule has 34 heavy (non-hydrogen) atoms. The van der Waals surface area contributed by atoms with Crippen LogP contribution in [0.3, 0.4) is 0 Å². The van der Waals surface area contributed by atoms with E-state index in [4.69, 9.17) is 5.14 Å². The van der Waals surface area contributed by atoms with Crippen molar-refractivity contribution in [2.45, 2.75) is 37.8 Å². The van der Waals surface area contributed by atoms with E-state index in [0.717, 1.165) is 5.56 Å². The van der Waals surface area contributed by atoms with Crippen LogP contribution in [0.2, 0.25) is 0 Å². The summed E-state index contributed by atoms with van der Waals surface area (Å²) < 4.78 is 26.7. The Kier molecular flexibility index (Phi) is 7.39. The Labute approximate surface area is 202 Å². The van der Waals surface area contributed by atoms with Crippen molar-refractivity contribution in [2.24, 2.45) is 11.1 Å². The van der Waals surface area contributed by atoms with Gasteiger partial charge in [0.2, 0.25) is 5.78 Å². The predicted octanol–water partition coefficient (Wildman–Crippen LogP) is 2.69. The maximum Gasteiger partial charge on any atom is 0.333 e. The number of nitrogens with zero attached hydrogens (tertiary/aromatic N) is 2. The van der Waals surface area contributed by atoms with Gasteiger partial charge < -0.3 is 10.4 Å². The van der Waals surface area contributed by atoms with Gasteiger partial charge in [-0.3, -0.25) is 8.98 Å². The first-order chi connectivity index (χ1) is 16.2. The van der Waals surface area contributed by atoms with E-state index in [1.807, 2.05) is 29.6 Å². The van der Waals surface area contributed by atoms with Crippen molar-refractivity contribution in [2.75, 3.05) is 11.9 Å². The van der Waals surface area contributed by atoms with E-state index in [0.29, 0.717) is 29.1 Å². The molecule has 0 aliphatic heterocycles. The number of thiophene rings is 1. The van der Waals surface area contributed by atoms with Crippen molar-refractivity contribution in [1.82, 2.24) is 9.97 Å². The number of benzene rings is 1. The Hall–Kier alpha value is -2.70. The van der Waals surface area contributed by atoms with Crippen LogP contribution >= 0.6 is 11.3 Å². The Bertz CT molecular complexity index is 1250. The number of anilines is 1. The van der Waals surface area contributed by atoms with Crippen LogP contribution in [0.4, 0.5) is 5.82 Å². The minimum absolute atomic E-state index is 0.153. The highest BCUT2D eigenvalue weighted by Crippen LogP contribution is 2.32. The average Bonchev–Trinajstić information content (AvgIpc) is 3.44. The zero-order valence-electron chi connectivity index (χ0n) is 18.5. The third-order valence-corrected chi connectivity index (χ3v) is 7.46. The molecule has 0 radical (unpaired) electrons. The summed E-state index contributed by atoms with van der Waals surface area (Å²) in [6, 6.07) is 11.8. The van der Waals surface area contributed by atoms with E-state index in [2.05, 4.69) is 38.5 Å². The fraction of sp³-hybridized carbons (Fsp3) is 0.348. The normalized spacial score (nSPS) is 21.3. The van der Waals surface area contributed by atoms with E-state index >= 15 is 0 Å². The van der Waals surface area contributed by atoms with Crippen LogP contribution in [0.5, 0.6) is 0 Å². The van der Waals surface area contributed by atoms with Crippen molar-refractivity contribution in [3.05, 3.63) is 75.9 Å². The molecule has 3 aromatic rings. The first-order valence-electron chi connectivity index (χ1n) is 10.8. The monoisotopic (exact) mass is 502 g/mol. The molecule has 0 amide bonds. The molecule has 4 rings (SSSR count). The molecule has 0 spiro atoms. The molecule has 11 heteroatoms. The van der Waals surface area contributed by atoms with Gasteiger partial charge in [0.25, 0.3) is 0 Å². The van der Waals surface area contributed by atoms with E-state index in [-0.39, 0.29) is 24.3 Å². The quantitative estimate of drug-likeness (QED) is 0.379. The molecule has 1 fully saturated rings. The van der Waals surface area contributed by atoms with Crippen molar-refractivity contribution in [1.29, 1.82) is 0 Å². The van der Waals surface area contributed by atoms with Gasteiger partial charge in [0.1, 0.15) is 12.1 Å². The first kappa shape index (κ1) is 24.4. The molecule has 0 unspecified atom stereocenters. The van der Waals surface area contributed by atoms with Gasteiger partial charge in [-0.25, -0.2) is 15.1 Å². The lowest BCUT2D eigenvalue weighted by Crippen LogP contribution is -2.24. The highest BCUT2D eigenvalue weighted by Gasteiger charge is 2.34. The minimum Gasteiger partial charge on any atom is -0.393 e. The summed E-state index contributed by atoms with van der Waals surface area (Å²) in [4.78, 5) is 22.2. The fourth-order valence-corrected chi connectivity index (χ4v) is 5.47. The van der Waals surface area contributed by atoms with Crippen molar-refractivity contribution >= 4 is 33.2 Å². The molecule has 180 valence electrons. The Morgan fingerprint density at radius 3 is 2.79 bits per heavy atom. The second kappa shape index (κ2) is 10.3. The van der Waals surface area contributed by atoms with Crippen LogP contribution in [0.1, 0.15) is 52.0 Å². The summed E-state index contributed by atoms with van der Waals surface area (Å²) in [6.45, 7) is 1.90. The standard InChI is InChI=1S/C23H26N4O5S2/c1-14(15-5-3-2-4-6-15)17-8-21(33-12-17)22(29)19-10-25-13-26-23(19)27-18-7-16(20(28)9-18)11-32-34(24,30)31/h2-6,8,10,12-14,16,18,20,28H,7,9,11H2,1H3,(H2,24,30,31)(H,25,26,27)/t14-,16-,18-,20+/m1/s1. The summed E-state index contributed by atoms with van der Waals surface area (Å²) in [6.07, 6.45) is 2.85. The lowest BCUT2D eigenvalue weighted by molar-refractivity contribution is 0.101. The molecule has 1 saturated carbocycles. The zero-order chi connectivity index (χ0) is 24.3. The lowest BCUT2D eigenvalue weighted by atomic mass is 9.95. The van der Waals surface area contributed by atoms with E-state index in [1.54, 1.807) is 0 Å². The van der Waals surface area contributed by atoms with Gasteiger partial charge in [-0.05, 0) is 35.4 Å². The number of rotatable bonds is 9. The summed E-state index contributed by atoms with van der Waals surface area (Å²) >= 11 is 1.38. The highest BCUT2D eigenvalue weighted by molar-refractivity contribution is 7.84. The third kappa shape index (κ3) is 5.86. The van der Waals surface area contributed by atoms with Gasteiger partial charge in [-0.2, -0.15) is 8.42 Å². The fourth-order valence-electron chi connectivity index (χ4n) is 4.15. The smallest absolute Gasteiger partial charge is 0.333 e. The van der Waals surface area contributed by atoms with Gasteiger partial charge in [-0.15, -0.1) is 11.3 Å². The van der Waals surface area contributed by atoms with Crippen molar-refractivity contribution in [3.63, 3.8) is 0 Å². The number of hydrogen-bond acceptors (Lipinski definition) is 9. The molecule has 2 aromatic heterocycles. The summed E-state index contributed by atoms with van der Waals surface area (Å²) in [5.41, 5.74) is 2.56. The summed E-state index contributed by atoms with van der Waals surface area (Å²) in [5, 5.41) is 20.4. The second-order valence-electron chi connectivity index (χ2n) is 8.41. The Morgan fingerprint density at radius 1 is 1.29 bits per heavy atom. The lowest BCUT2D eigenvalue weighted by Gasteiger charge is -2.15. The molecule has 1 aromatic carbocycles. The number of nitrogens with one attached hydrogen (secondary N) is 1. The van der Waals surface area contributed by atoms with Gasteiger partial charge >= 0.3 is 10.3 Å². The average molecular weight is 503 g/mol. The maximum absolute atomic E-state index is 13.3. The summed E-state index contributed by atoms with van der Waals surface area (Å²) in [7, 11) is -4.08. The zero-order valence-corrected chi connectivity index (χ0v) is 20.1. The maximum atomic E-state index is 13.3. The highest BCUT2D eigenvalue weighted by atomic mass is 32.2. The number of ketones is 1. The molecule has 1 aliphatic rings. The Balaban J connectivity index is 1.47. The number of nitrogens with two attached hydrogens (primary N) is 1. The van der Waals surface area contributed by atoms with Crippen LogP contribution < -0.4 is 10.5 Å². The SMILES string of the molecule is C[C@H](c1ccccc1)c1csc(C(=O)c2cncnc2N[C@@H]2C[C@H](COS(N)(=O)=O)[C@@H](O)C2)c1. The number of carbonyl (C=O) groups is 1. The van der Waals surface area contributed by atoms with Gasteiger partial charge in [0, 0.05) is 24.1 Å². The van der Waals surface area contributed by atoms with Crippen molar-refractivity contribution in [3.8, 4) is 0 Å². The molecule has 4 N–H and O–H groups in total.